The average molecular weight is 300 g/mol. The van der Waals surface area contributed by atoms with E-state index < -0.39 is 0 Å². The number of rotatable bonds is 2. The molecular weight excluding hydrogens is 286 g/mol. The van der Waals surface area contributed by atoms with Crippen LogP contribution in [0.3, 0.4) is 0 Å². The van der Waals surface area contributed by atoms with E-state index in [4.69, 9.17) is 10.5 Å². The number of halogens is 1. The van der Waals surface area contributed by atoms with Crippen LogP contribution in [0.5, 0.6) is 0 Å². The van der Waals surface area contributed by atoms with Crippen molar-refractivity contribution in [3.05, 3.63) is 16.7 Å². The maximum absolute atomic E-state index is 11.4. The molecule has 0 radical (unpaired) electrons. The zero-order valence-electron chi connectivity index (χ0n) is 9.52. The van der Waals surface area contributed by atoms with Crippen LogP contribution in [0, 0.1) is 5.92 Å². The van der Waals surface area contributed by atoms with Crippen molar-refractivity contribution in [2.24, 2.45) is 5.92 Å². The van der Waals surface area contributed by atoms with Crippen LogP contribution in [0.2, 0.25) is 0 Å². The van der Waals surface area contributed by atoms with E-state index in [1.807, 2.05) is 11.0 Å². The number of nitrogens with zero attached hydrogens (tertiary/aromatic N) is 2. The molecular formula is C11H14BrN3O2. The molecule has 6 heteroatoms. The van der Waals surface area contributed by atoms with Crippen molar-refractivity contribution < 1.29 is 9.53 Å². The molecule has 0 bridgehead atoms. The van der Waals surface area contributed by atoms with Gasteiger partial charge in [0.1, 0.15) is 0 Å². The van der Waals surface area contributed by atoms with Gasteiger partial charge < -0.3 is 15.4 Å². The van der Waals surface area contributed by atoms with E-state index in [1.165, 1.54) is 7.11 Å². The number of methoxy groups -OCH3 is 1. The first kappa shape index (κ1) is 12.2. The Labute approximate surface area is 108 Å². The molecule has 1 saturated heterocycles. The van der Waals surface area contributed by atoms with Crippen LogP contribution in [0.4, 0.5) is 11.5 Å². The van der Waals surface area contributed by atoms with E-state index >= 15 is 0 Å². The molecule has 2 rings (SSSR count). The topological polar surface area (TPSA) is 68.5 Å². The van der Waals surface area contributed by atoms with Crippen molar-refractivity contribution in [1.82, 2.24) is 4.98 Å². The largest absolute Gasteiger partial charge is 0.469 e. The molecule has 1 atom stereocenters. The summed E-state index contributed by atoms with van der Waals surface area (Å²) in [6.07, 6.45) is 2.49. The van der Waals surface area contributed by atoms with E-state index in [1.54, 1.807) is 6.20 Å². The van der Waals surface area contributed by atoms with E-state index in [-0.39, 0.29) is 11.9 Å². The smallest absolute Gasteiger partial charge is 0.310 e. The third-order valence-electron chi connectivity index (χ3n) is 2.88. The molecule has 0 amide bonds. The second-order valence-corrected chi connectivity index (χ2v) is 4.94. The highest BCUT2D eigenvalue weighted by atomic mass is 79.9. The minimum Gasteiger partial charge on any atom is -0.469 e. The van der Waals surface area contributed by atoms with Gasteiger partial charge in [-0.25, -0.2) is 4.98 Å². The number of hydrogen-bond donors (Lipinski definition) is 1. The normalized spacial score (nSPS) is 19.4. The summed E-state index contributed by atoms with van der Waals surface area (Å²) in [6.45, 7) is 1.39. The van der Waals surface area contributed by atoms with Crippen LogP contribution in [0.15, 0.2) is 16.7 Å². The maximum atomic E-state index is 11.4. The van der Waals surface area contributed by atoms with Crippen molar-refractivity contribution in [1.29, 1.82) is 0 Å². The lowest BCUT2D eigenvalue weighted by atomic mass is 10.1. The zero-order chi connectivity index (χ0) is 12.4. The van der Waals surface area contributed by atoms with Crippen LogP contribution in [-0.4, -0.2) is 31.2 Å². The van der Waals surface area contributed by atoms with E-state index in [9.17, 15) is 4.79 Å². The Bertz CT molecular complexity index is 439. The first-order valence-electron chi connectivity index (χ1n) is 5.35. The van der Waals surface area contributed by atoms with E-state index in [2.05, 4.69) is 20.9 Å². The van der Waals surface area contributed by atoms with Crippen LogP contribution < -0.4 is 10.6 Å². The minimum absolute atomic E-state index is 0.0788. The summed E-state index contributed by atoms with van der Waals surface area (Å²) in [6, 6.07) is 1.81. The second kappa shape index (κ2) is 4.91. The highest BCUT2D eigenvalue weighted by Gasteiger charge is 2.30. The number of carbonyl (C=O) groups excluding carboxylic acids is 1. The number of nitrogen functional groups attached to an aromatic ring is 1. The zero-order valence-corrected chi connectivity index (χ0v) is 11.1. The molecule has 0 saturated carbocycles. The Kier molecular flexibility index (Phi) is 3.51. The Morgan fingerprint density at radius 1 is 1.71 bits per heavy atom. The van der Waals surface area contributed by atoms with Gasteiger partial charge in [-0.15, -0.1) is 0 Å². The monoisotopic (exact) mass is 299 g/mol. The predicted octanol–water partition coefficient (Wildman–Crippen LogP) is 1.43. The number of carbonyl (C=O) groups is 1. The third-order valence-corrected chi connectivity index (χ3v) is 3.32. The number of aromatic nitrogens is 1. The highest BCUT2D eigenvalue weighted by molar-refractivity contribution is 9.10. The van der Waals surface area contributed by atoms with Gasteiger partial charge in [-0.3, -0.25) is 4.79 Å². The molecule has 1 unspecified atom stereocenters. The number of nitrogens with two attached hydrogens (primary N) is 1. The van der Waals surface area contributed by atoms with Crippen LogP contribution >= 0.6 is 15.9 Å². The van der Waals surface area contributed by atoms with Gasteiger partial charge in [0.25, 0.3) is 0 Å². The van der Waals surface area contributed by atoms with E-state index in [0.29, 0.717) is 12.2 Å². The molecule has 0 spiro atoms. The van der Waals surface area contributed by atoms with Crippen LogP contribution in [0.25, 0.3) is 0 Å². The summed E-state index contributed by atoms with van der Waals surface area (Å²) in [4.78, 5) is 17.7. The summed E-state index contributed by atoms with van der Waals surface area (Å²) < 4.78 is 5.59. The van der Waals surface area contributed by atoms with Gasteiger partial charge in [0.15, 0.2) is 5.82 Å². The molecule has 2 heterocycles. The summed E-state index contributed by atoms with van der Waals surface area (Å²) in [5.41, 5.74) is 6.52. The average Bonchev–Trinajstić information content (AvgIpc) is 2.77. The minimum atomic E-state index is -0.164. The van der Waals surface area contributed by atoms with Crippen LogP contribution in [0.1, 0.15) is 6.42 Å². The Balaban J connectivity index is 2.12. The molecule has 17 heavy (non-hydrogen) atoms. The Morgan fingerprint density at radius 3 is 3.12 bits per heavy atom. The first-order valence-corrected chi connectivity index (χ1v) is 6.15. The predicted molar refractivity (Wildman–Crippen MR) is 68.7 cm³/mol. The fourth-order valence-electron chi connectivity index (χ4n) is 2.02. The van der Waals surface area contributed by atoms with Gasteiger partial charge in [0.05, 0.1) is 18.7 Å². The van der Waals surface area contributed by atoms with Gasteiger partial charge in [-0.1, -0.05) is 0 Å². The first-order chi connectivity index (χ1) is 8.11. The summed E-state index contributed by atoms with van der Waals surface area (Å²) in [7, 11) is 1.41. The number of hydrogen-bond acceptors (Lipinski definition) is 5. The second-order valence-electron chi connectivity index (χ2n) is 4.02. The van der Waals surface area contributed by atoms with E-state index in [0.717, 1.165) is 23.3 Å². The summed E-state index contributed by atoms with van der Waals surface area (Å²) >= 11 is 3.32. The molecule has 5 nitrogen and oxygen atoms in total. The standard InChI is InChI=1S/C11H14BrN3O2/c1-17-11(16)7-2-3-15(6-7)10-9(13)4-8(12)5-14-10/h4-5,7H,2-3,6,13H2,1H3. The molecule has 1 aliphatic rings. The van der Waals surface area contributed by atoms with Gasteiger partial charge in [0.2, 0.25) is 0 Å². The van der Waals surface area contributed by atoms with Crippen molar-refractivity contribution in [2.75, 3.05) is 30.8 Å². The maximum Gasteiger partial charge on any atom is 0.310 e. The molecule has 1 fully saturated rings. The van der Waals surface area contributed by atoms with Gasteiger partial charge in [0, 0.05) is 23.8 Å². The summed E-state index contributed by atoms with van der Waals surface area (Å²) in [5.74, 6) is 0.493. The van der Waals surface area contributed by atoms with Crippen molar-refractivity contribution in [3.8, 4) is 0 Å². The third kappa shape index (κ3) is 2.52. The van der Waals surface area contributed by atoms with Crippen LogP contribution in [-0.2, 0) is 9.53 Å². The molecule has 0 aromatic carbocycles. The number of ether oxygens (including phenoxy) is 1. The molecule has 92 valence electrons. The lowest BCUT2D eigenvalue weighted by molar-refractivity contribution is -0.144. The van der Waals surface area contributed by atoms with Gasteiger partial charge in [-0.2, -0.15) is 0 Å². The SMILES string of the molecule is COC(=O)C1CCN(c2ncc(Br)cc2N)C1. The fourth-order valence-corrected chi connectivity index (χ4v) is 2.37. The Morgan fingerprint density at radius 2 is 2.47 bits per heavy atom. The lowest BCUT2D eigenvalue weighted by Crippen LogP contribution is -2.25. The molecule has 2 N–H and O–H groups in total. The lowest BCUT2D eigenvalue weighted by Gasteiger charge is -2.18. The quantitative estimate of drug-likeness (QED) is 0.837. The number of pyridine rings is 1. The van der Waals surface area contributed by atoms with Crippen molar-refractivity contribution in [3.63, 3.8) is 0 Å². The Hall–Kier alpha value is -1.30. The van der Waals surface area contributed by atoms with Crippen molar-refractivity contribution in [2.45, 2.75) is 6.42 Å². The number of anilines is 2. The van der Waals surface area contributed by atoms with Gasteiger partial charge in [-0.05, 0) is 28.4 Å². The molecule has 1 aliphatic heterocycles. The van der Waals surface area contributed by atoms with Crippen molar-refractivity contribution >= 4 is 33.4 Å². The molecule has 1 aromatic rings. The van der Waals surface area contributed by atoms with Gasteiger partial charge >= 0.3 is 5.97 Å². The summed E-state index contributed by atoms with van der Waals surface area (Å²) in [5, 5.41) is 0. The number of esters is 1. The fraction of sp³-hybridized carbons (Fsp3) is 0.455. The highest BCUT2D eigenvalue weighted by Crippen LogP contribution is 2.28. The molecule has 1 aromatic heterocycles. The molecule has 0 aliphatic carbocycles.